The smallest absolute Gasteiger partial charge is 0.311 e. The number of carboxylic acid groups (broad SMARTS) is 1. The first-order valence-corrected chi connectivity index (χ1v) is 14.6. The zero-order chi connectivity index (χ0) is 28.1. The molecule has 1 unspecified atom stereocenters. The molecule has 38 heavy (non-hydrogen) atoms. The highest BCUT2D eigenvalue weighted by Crippen LogP contribution is 2.75. The predicted molar refractivity (Wildman–Crippen MR) is 142 cm³/mol. The molecule has 5 aliphatic rings. The van der Waals surface area contributed by atoms with Gasteiger partial charge in [-0.1, -0.05) is 39.3 Å². The third-order valence-corrected chi connectivity index (χ3v) is 13.6. The molecule has 4 saturated carbocycles. The van der Waals surface area contributed by atoms with E-state index in [9.17, 15) is 30.0 Å². The Morgan fingerprint density at radius 2 is 1.63 bits per heavy atom. The van der Waals surface area contributed by atoms with Crippen molar-refractivity contribution >= 4 is 11.9 Å². The van der Waals surface area contributed by atoms with E-state index < -0.39 is 34.4 Å². The summed E-state index contributed by atoms with van der Waals surface area (Å²) in [5.41, 5.74) is -1.76. The highest BCUT2D eigenvalue weighted by molar-refractivity contribution is 5.80. The summed E-state index contributed by atoms with van der Waals surface area (Å²) < 4.78 is 5.18. The molecular formula is C31H48O7. The molecule has 214 valence electrons. The average molecular weight is 533 g/mol. The van der Waals surface area contributed by atoms with Crippen LogP contribution in [0.5, 0.6) is 0 Å². The Kier molecular flexibility index (Phi) is 6.31. The Balaban J connectivity index is 1.61. The lowest BCUT2D eigenvalue weighted by Crippen LogP contribution is -2.68. The highest BCUT2D eigenvalue weighted by Gasteiger charge is 2.71. The Hall–Kier alpha value is -1.44. The average Bonchev–Trinajstić information content (AvgIpc) is 2.87. The van der Waals surface area contributed by atoms with Crippen molar-refractivity contribution in [3.8, 4) is 0 Å². The zero-order valence-electron chi connectivity index (χ0n) is 24.0. The topological polar surface area (TPSA) is 124 Å². The van der Waals surface area contributed by atoms with E-state index in [4.69, 9.17) is 4.74 Å². The maximum atomic E-state index is 12.9. The Labute approximate surface area is 227 Å². The van der Waals surface area contributed by atoms with Crippen molar-refractivity contribution in [3.05, 3.63) is 11.6 Å². The van der Waals surface area contributed by atoms with Crippen LogP contribution in [-0.4, -0.2) is 58.3 Å². The number of hydrogen-bond donors (Lipinski definition) is 4. The maximum Gasteiger partial charge on any atom is 0.311 e. The minimum Gasteiger partial charge on any atom is -0.481 e. The Morgan fingerprint density at radius 3 is 2.24 bits per heavy atom. The number of fused-ring (bicyclic) bond motifs is 7. The van der Waals surface area contributed by atoms with Crippen LogP contribution in [0.2, 0.25) is 0 Å². The van der Waals surface area contributed by atoms with Crippen molar-refractivity contribution in [3.63, 3.8) is 0 Å². The number of rotatable bonds is 3. The molecular weight excluding hydrogens is 484 g/mol. The highest BCUT2D eigenvalue weighted by atomic mass is 16.5. The van der Waals surface area contributed by atoms with Crippen molar-refractivity contribution < 1.29 is 34.8 Å². The molecule has 5 rings (SSSR count). The van der Waals surface area contributed by atoms with Crippen LogP contribution in [0.15, 0.2) is 11.6 Å². The van der Waals surface area contributed by atoms with Gasteiger partial charge >= 0.3 is 11.9 Å². The molecule has 0 aromatic rings. The number of aliphatic carboxylic acids is 1. The first-order chi connectivity index (χ1) is 17.6. The van der Waals surface area contributed by atoms with Crippen molar-refractivity contribution in [2.45, 2.75) is 105 Å². The van der Waals surface area contributed by atoms with E-state index in [0.717, 1.165) is 25.7 Å². The van der Waals surface area contributed by atoms with E-state index in [-0.39, 0.29) is 46.6 Å². The Morgan fingerprint density at radius 1 is 0.974 bits per heavy atom. The van der Waals surface area contributed by atoms with Crippen LogP contribution < -0.4 is 0 Å². The largest absolute Gasteiger partial charge is 0.481 e. The van der Waals surface area contributed by atoms with Crippen LogP contribution >= 0.6 is 0 Å². The lowest BCUT2D eigenvalue weighted by atomic mass is 9.33. The van der Waals surface area contributed by atoms with Gasteiger partial charge in [-0.25, -0.2) is 0 Å². The lowest BCUT2D eigenvalue weighted by molar-refractivity contribution is -0.243. The molecule has 4 N–H and O–H groups in total. The number of ether oxygens (including phenoxy) is 1. The number of carbonyl (C=O) groups excluding carboxylic acids is 1. The van der Waals surface area contributed by atoms with Gasteiger partial charge < -0.3 is 25.2 Å². The number of aliphatic hydroxyl groups excluding tert-OH is 3. The number of esters is 1. The minimum absolute atomic E-state index is 0.0778. The van der Waals surface area contributed by atoms with Gasteiger partial charge in [-0.2, -0.15) is 0 Å². The number of methoxy groups -OCH3 is 1. The summed E-state index contributed by atoms with van der Waals surface area (Å²) in [6, 6.07) is 0. The van der Waals surface area contributed by atoms with Crippen LogP contribution in [0.4, 0.5) is 0 Å². The number of carboxylic acids is 1. The minimum atomic E-state index is -0.954. The Bertz CT molecular complexity index is 1050. The van der Waals surface area contributed by atoms with Crippen LogP contribution in [0.25, 0.3) is 0 Å². The third-order valence-electron chi connectivity index (χ3n) is 13.6. The van der Waals surface area contributed by atoms with E-state index in [2.05, 4.69) is 26.8 Å². The van der Waals surface area contributed by atoms with E-state index >= 15 is 0 Å². The molecule has 5 aliphatic carbocycles. The SMILES string of the molecule is COC(=O)[C@]1(C)CC[C@]2(C(=O)O)CC[C@]3(C)C(=CC[C@@H]4[C@@]5(C)C[C@H](O)[C@H](O)[C@@](C)(CO)C5CC[C@]43C)[C@H]2C1. The summed E-state index contributed by atoms with van der Waals surface area (Å²) in [4.78, 5) is 25.8. The van der Waals surface area contributed by atoms with E-state index in [0.29, 0.717) is 32.1 Å². The van der Waals surface area contributed by atoms with Gasteiger partial charge in [0.1, 0.15) is 0 Å². The molecule has 0 aliphatic heterocycles. The van der Waals surface area contributed by atoms with Gasteiger partial charge in [-0.3, -0.25) is 9.59 Å². The number of aliphatic hydroxyl groups is 3. The fourth-order valence-electron chi connectivity index (χ4n) is 11.0. The molecule has 0 aromatic carbocycles. The molecule has 0 aromatic heterocycles. The van der Waals surface area contributed by atoms with Crippen LogP contribution in [-0.2, 0) is 14.3 Å². The second kappa shape index (κ2) is 8.53. The van der Waals surface area contributed by atoms with Gasteiger partial charge in [0, 0.05) is 5.41 Å². The standard InChI is InChI=1S/C31H48O7/c1-26(25(37)38-6)11-13-31(24(35)36)14-12-29(4)18(19(31)15-26)7-8-22-27(2)16-20(33)23(34)28(3,17-32)21(27)9-10-30(22,29)5/h7,19-23,32-34H,8-17H2,1-6H3,(H,35,36)/t19-,20+,21?,22-,23+,26-,27+,28+,29-,30-,31+/m1/s1. The van der Waals surface area contributed by atoms with Crippen molar-refractivity contribution in [2.24, 2.45) is 50.2 Å². The van der Waals surface area contributed by atoms with Crippen LogP contribution in [0.3, 0.4) is 0 Å². The fourth-order valence-corrected chi connectivity index (χ4v) is 11.0. The molecule has 7 heteroatoms. The van der Waals surface area contributed by atoms with E-state index in [1.54, 1.807) is 0 Å². The second-order valence-corrected chi connectivity index (χ2v) is 14.9. The number of carbonyl (C=O) groups is 2. The predicted octanol–water partition coefficient (Wildman–Crippen LogP) is 4.33. The molecule has 0 radical (unpaired) electrons. The normalized spacial score (nSPS) is 53.9. The lowest BCUT2D eigenvalue weighted by Gasteiger charge is -2.71. The van der Waals surface area contributed by atoms with Crippen molar-refractivity contribution in [1.82, 2.24) is 0 Å². The van der Waals surface area contributed by atoms with Gasteiger partial charge in [-0.15, -0.1) is 0 Å². The van der Waals surface area contributed by atoms with Gasteiger partial charge in [0.15, 0.2) is 0 Å². The molecule has 0 saturated heterocycles. The molecule has 11 atom stereocenters. The van der Waals surface area contributed by atoms with Gasteiger partial charge in [0.05, 0.1) is 36.8 Å². The summed E-state index contributed by atoms with van der Waals surface area (Å²) in [7, 11) is 1.41. The molecule has 7 nitrogen and oxygen atoms in total. The van der Waals surface area contributed by atoms with Crippen LogP contribution in [0, 0.1) is 50.2 Å². The summed E-state index contributed by atoms with van der Waals surface area (Å²) in [5.74, 6) is -0.919. The molecule has 4 fully saturated rings. The third kappa shape index (κ3) is 3.24. The summed E-state index contributed by atoms with van der Waals surface area (Å²) >= 11 is 0. The summed E-state index contributed by atoms with van der Waals surface area (Å²) in [6.45, 7) is 10.6. The first kappa shape index (κ1) is 28.1. The fraction of sp³-hybridized carbons (Fsp3) is 0.871. The van der Waals surface area contributed by atoms with Gasteiger partial charge in [0.25, 0.3) is 0 Å². The molecule has 0 amide bonds. The van der Waals surface area contributed by atoms with Gasteiger partial charge in [0.2, 0.25) is 0 Å². The van der Waals surface area contributed by atoms with Crippen molar-refractivity contribution in [2.75, 3.05) is 13.7 Å². The van der Waals surface area contributed by atoms with Gasteiger partial charge in [-0.05, 0) is 98.7 Å². The second-order valence-electron chi connectivity index (χ2n) is 14.9. The van der Waals surface area contributed by atoms with E-state index in [1.165, 1.54) is 12.7 Å². The number of allylic oxidation sites excluding steroid dienone is 2. The van der Waals surface area contributed by atoms with Crippen LogP contribution in [0.1, 0.15) is 92.4 Å². The molecule has 0 bridgehead atoms. The summed E-state index contributed by atoms with van der Waals surface area (Å²) in [5, 5.41) is 43.0. The zero-order valence-corrected chi connectivity index (χ0v) is 24.0. The summed E-state index contributed by atoms with van der Waals surface area (Å²) in [6.07, 6.45) is 6.37. The molecule has 0 heterocycles. The number of hydrogen-bond acceptors (Lipinski definition) is 6. The van der Waals surface area contributed by atoms with Crippen molar-refractivity contribution in [1.29, 1.82) is 0 Å². The van der Waals surface area contributed by atoms with E-state index in [1.807, 2.05) is 13.8 Å². The monoisotopic (exact) mass is 532 g/mol. The first-order valence-electron chi connectivity index (χ1n) is 14.6. The maximum absolute atomic E-state index is 12.9. The molecule has 0 spiro atoms. The quantitative estimate of drug-likeness (QED) is 0.315.